The predicted octanol–water partition coefficient (Wildman–Crippen LogP) is 2.40. The average Bonchev–Trinajstić information content (AvgIpc) is 2.50. The SMILES string of the molecule is CCN(CC)CCNC(=O)c1ccc(NN=[N+]=[N-])cc1. The van der Waals surface area contributed by atoms with E-state index in [1.807, 2.05) is 0 Å². The molecule has 1 amide bonds. The second-order valence-electron chi connectivity index (χ2n) is 4.16. The van der Waals surface area contributed by atoms with Crippen molar-refractivity contribution in [2.24, 2.45) is 5.22 Å². The first-order valence-corrected chi connectivity index (χ1v) is 6.62. The lowest BCUT2D eigenvalue weighted by Gasteiger charge is -2.17. The standard InChI is InChI=1S/C13H20N6O/c1-3-19(4-2)10-9-15-13(20)11-5-7-12(8-6-11)16-18-17-14/h5-8,16H,3-4,9-10H2,1-2H3,(H,15,20). The van der Waals surface area contributed by atoms with Crippen LogP contribution in [0.1, 0.15) is 24.2 Å². The summed E-state index contributed by atoms with van der Waals surface area (Å²) in [6.45, 7) is 7.62. The minimum absolute atomic E-state index is 0.104. The van der Waals surface area contributed by atoms with Gasteiger partial charge in [-0.3, -0.25) is 4.79 Å². The first kappa shape index (κ1) is 15.8. The fourth-order valence-electron chi connectivity index (χ4n) is 1.75. The molecule has 1 aromatic rings. The molecule has 1 rings (SSSR count). The highest BCUT2D eigenvalue weighted by atomic mass is 16.1. The maximum absolute atomic E-state index is 11.9. The van der Waals surface area contributed by atoms with Gasteiger partial charge in [-0.25, -0.2) is 5.43 Å². The summed E-state index contributed by atoms with van der Waals surface area (Å²) in [6.07, 6.45) is 0. The number of amides is 1. The summed E-state index contributed by atoms with van der Waals surface area (Å²) >= 11 is 0. The van der Waals surface area contributed by atoms with E-state index in [-0.39, 0.29) is 5.91 Å². The van der Waals surface area contributed by atoms with Crippen LogP contribution in [0.25, 0.3) is 10.4 Å². The van der Waals surface area contributed by atoms with Gasteiger partial charge in [0.2, 0.25) is 0 Å². The Labute approximate surface area is 118 Å². The molecule has 0 aliphatic heterocycles. The molecule has 0 unspecified atom stereocenters. The van der Waals surface area contributed by atoms with Crippen molar-refractivity contribution in [3.05, 3.63) is 40.3 Å². The van der Waals surface area contributed by atoms with Crippen LogP contribution in [0.15, 0.2) is 29.5 Å². The molecule has 0 fully saturated rings. The number of rotatable bonds is 8. The molecule has 0 spiro atoms. The van der Waals surface area contributed by atoms with E-state index in [0.717, 1.165) is 19.6 Å². The van der Waals surface area contributed by atoms with E-state index in [0.29, 0.717) is 17.8 Å². The Morgan fingerprint density at radius 1 is 1.30 bits per heavy atom. The molecular weight excluding hydrogens is 256 g/mol. The van der Waals surface area contributed by atoms with E-state index >= 15 is 0 Å². The van der Waals surface area contributed by atoms with E-state index in [1.54, 1.807) is 24.3 Å². The zero-order chi connectivity index (χ0) is 14.8. The van der Waals surface area contributed by atoms with Crippen molar-refractivity contribution in [2.75, 3.05) is 31.6 Å². The van der Waals surface area contributed by atoms with Crippen molar-refractivity contribution in [3.8, 4) is 0 Å². The Kier molecular flexibility index (Phi) is 6.95. The van der Waals surface area contributed by atoms with Crippen LogP contribution in [0.2, 0.25) is 0 Å². The van der Waals surface area contributed by atoms with Gasteiger partial charge in [0.15, 0.2) is 0 Å². The third kappa shape index (κ3) is 5.17. The van der Waals surface area contributed by atoms with Gasteiger partial charge in [0.25, 0.3) is 5.91 Å². The highest BCUT2D eigenvalue weighted by Gasteiger charge is 2.06. The summed E-state index contributed by atoms with van der Waals surface area (Å²) in [4.78, 5) is 16.7. The summed E-state index contributed by atoms with van der Waals surface area (Å²) < 4.78 is 0. The molecule has 0 aliphatic carbocycles. The third-order valence-electron chi connectivity index (χ3n) is 2.98. The normalized spacial score (nSPS) is 9.95. The Bertz CT molecular complexity index is 462. The lowest BCUT2D eigenvalue weighted by Crippen LogP contribution is -2.34. The van der Waals surface area contributed by atoms with Gasteiger partial charge >= 0.3 is 0 Å². The lowest BCUT2D eigenvalue weighted by atomic mass is 10.2. The molecule has 2 N–H and O–H groups in total. The van der Waals surface area contributed by atoms with E-state index in [4.69, 9.17) is 5.53 Å². The quantitative estimate of drug-likeness (QED) is 0.330. The topological polar surface area (TPSA) is 93.1 Å². The number of likely N-dealkylation sites (N-methyl/N-ethyl adjacent to an activating group) is 1. The first-order valence-electron chi connectivity index (χ1n) is 6.62. The largest absolute Gasteiger partial charge is 0.351 e. The molecule has 0 heterocycles. The van der Waals surface area contributed by atoms with Crippen molar-refractivity contribution < 1.29 is 4.79 Å². The fraction of sp³-hybridized carbons (Fsp3) is 0.462. The summed E-state index contributed by atoms with van der Waals surface area (Å²) in [6, 6.07) is 6.74. The van der Waals surface area contributed by atoms with Crippen molar-refractivity contribution >= 4 is 11.6 Å². The molecular formula is C13H20N6O. The molecule has 1 aromatic carbocycles. The van der Waals surface area contributed by atoms with Crippen LogP contribution in [-0.4, -0.2) is 37.0 Å². The van der Waals surface area contributed by atoms with Crippen LogP contribution in [0.5, 0.6) is 0 Å². The molecule has 7 heteroatoms. The molecule has 108 valence electrons. The smallest absolute Gasteiger partial charge is 0.251 e. The second-order valence-corrected chi connectivity index (χ2v) is 4.16. The van der Waals surface area contributed by atoms with Crippen LogP contribution < -0.4 is 10.7 Å². The Morgan fingerprint density at radius 3 is 2.50 bits per heavy atom. The number of carbonyl (C=O) groups excluding carboxylic acids is 1. The van der Waals surface area contributed by atoms with Gasteiger partial charge < -0.3 is 10.2 Å². The van der Waals surface area contributed by atoms with Crippen LogP contribution in [0.3, 0.4) is 0 Å². The Morgan fingerprint density at radius 2 is 1.95 bits per heavy atom. The van der Waals surface area contributed by atoms with E-state index in [9.17, 15) is 4.79 Å². The number of nitrogens with one attached hydrogen (secondary N) is 2. The molecule has 20 heavy (non-hydrogen) atoms. The van der Waals surface area contributed by atoms with Gasteiger partial charge in [-0.05, 0) is 42.6 Å². The molecule has 0 aliphatic rings. The summed E-state index contributed by atoms with van der Waals surface area (Å²) in [5, 5.41) is 6.11. The van der Waals surface area contributed by atoms with Gasteiger partial charge in [-0.15, -0.1) is 5.53 Å². The number of hydrogen-bond acceptors (Lipinski definition) is 3. The number of nitrogens with zero attached hydrogens (tertiary/aromatic N) is 4. The van der Waals surface area contributed by atoms with Crippen LogP contribution in [-0.2, 0) is 0 Å². The van der Waals surface area contributed by atoms with Crippen LogP contribution in [0.4, 0.5) is 5.69 Å². The number of hydrogen-bond donors (Lipinski definition) is 2. The van der Waals surface area contributed by atoms with Gasteiger partial charge in [0.1, 0.15) is 5.69 Å². The van der Waals surface area contributed by atoms with E-state index in [2.05, 4.69) is 39.6 Å². The summed E-state index contributed by atoms with van der Waals surface area (Å²) in [5.41, 5.74) is 11.9. The van der Waals surface area contributed by atoms with E-state index in [1.165, 1.54) is 0 Å². The average molecular weight is 276 g/mol. The maximum Gasteiger partial charge on any atom is 0.251 e. The summed E-state index contributed by atoms with van der Waals surface area (Å²) in [7, 11) is 0. The number of anilines is 1. The van der Waals surface area contributed by atoms with Crippen molar-refractivity contribution in [1.29, 1.82) is 0 Å². The Balaban J connectivity index is 2.45. The molecule has 0 saturated heterocycles. The van der Waals surface area contributed by atoms with Crippen molar-refractivity contribution in [3.63, 3.8) is 0 Å². The highest BCUT2D eigenvalue weighted by Crippen LogP contribution is 2.09. The van der Waals surface area contributed by atoms with Crippen LogP contribution >= 0.6 is 0 Å². The summed E-state index contributed by atoms with van der Waals surface area (Å²) in [5.74, 6) is -0.104. The minimum atomic E-state index is -0.104. The minimum Gasteiger partial charge on any atom is -0.351 e. The van der Waals surface area contributed by atoms with Gasteiger partial charge in [-0.1, -0.05) is 13.8 Å². The zero-order valence-electron chi connectivity index (χ0n) is 11.8. The molecule has 0 atom stereocenters. The lowest BCUT2D eigenvalue weighted by molar-refractivity contribution is 0.0949. The number of carbonyl (C=O) groups is 1. The monoisotopic (exact) mass is 276 g/mol. The number of azide groups is 1. The molecule has 0 saturated carbocycles. The molecule has 7 nitrogen and oxygen atoms in total. The highest BCUT2D eigenvalue weighted by molar-refractivity contribution is 5.94. The van der Waals surface area contributed by atoms with Gasteiger partial charge in [0.05, 0.1) is 0 Å². The second kappa shape index (κ2) is 8.79. The van der Waals surface area contributed by atoms with Crippen molar-refractivity contribution in [1.82, 2.24) is 10.2 Å². The van der Waals surface area contributed by atoms with Crippen LogP contribution in [0, 0.1) is 0 Å². The fourth-order valence-corrected chi connectivity index (χ4v) is 1.75. The molecule has 0 radical (unpaired) electrons. The first-order chi connectivity index (χ1) is 9.71. The zero-order valence-corrected chi connectivity index (χ0v) is 11.8. The van der Waals surface area contributed by atoms with E-state index < -0.39 is 0 Å². The third-order valence-corrected chi connectivity index (χ3v) is 2.98. The van der Waals surface area contributed by atoms with Gasteiger partial charge in [-0.2, -0.15) is 4.91 Å². The Hall–Kier alpha value is -2.24. The van der Waals surface area contributed by atoms with Crippen molar-refractivity contribution in [2.45, 2.75) is 13.8 Å². The molecule has 0 aromatic heterocycles. The molecule has 0 bridgehead atoms. The predicted molar refractivity (Wildman–Crippen MR) is 79.3 cm³/mol. The maximum atomic E-state index is 11.9. The van der Waals surface area contributed by atoms with Gasteiger partial charge in [0, 0.05) is 18.7 Å². The number of benzene rings is 1.